The van der Waals surface area contributed by atoms with E-state index in [1.165, 1.54) is 17.5 Å². The van der Waals surface area contributed by atoms with Crippen molar-refractivity contribution in [3.05, 3.63) is 58.2 Å². The summed E-state index contributed by atoms with van der Waals surface area (Å²) in [4.78, 5) is 33.1. The number of nitrogens with one attached hydrogen (secondary N) is 1. The van der Waals surface area contributed by atoms with E-state index in [1.54, 1.807) is 12.3 Å². The molecule has 2 aliphatic rings. The summed E-state index contributed by atoms with van der Waals surface area (Å²) in [5, 5.41) is 3.61. The number of hydrogen-bond acceptors (Lipinski definition) is 4. The molecule has 0 saturated carbocycles. The fraction of sp³-hybridized carbons (Fsp3) is 0.435. The van der Waals surface area contributed by atoms with E-state index in [-0.39, 0.29) is 11.8 Å². The number of fused-ring (bicyclic) bond motifs is 1. The van der Waals surface area contributed by atoms with Gasteiger partial charge < -0.3 is 15.1 Å². The summed E-state index contributed by atoms with van der Waals surface area (Å²) in [5.41, 5.74) is 2.99. The quantitative estimate of drug-likeness (QED) is 0.706. The number of pyridine rings is 1. The molecule has 0 aliphatic carbocycles. The number of halogens is 1. The third kappa shape index (κ3) is 4.75. The van der Waals surface area contributed by atoms with Crippen LogP contribution in [0.3, 0.4) is 0 Å². The number of nitrogens with zero attached hydrogens (tertiary/aromatic N) is 3. The van der Waals surface area contributed by atoms with Gasteiger partial charge in [-0.05, 0) is 42.9 Å². The normalized spacial score (nSPS) is 15.8. The van der Waals surface area contributed by atoms with Crippen LogP contribution in [0.15, 0.2) is 36.5 Å². The number of amides is 2. The largest absolute Gasteiger partial charge is 0.369 e. The Labute approximate surface area is 182 Å². The van der Waals surface area contributed by atoms with Gasteiger partial charge in [0.1, 0.15) is 5.82 Å². The highest BCUT2D eigenvalue weighted by atomic mass is 35.5. The summed E-state index contributed by atoms with van der Waals surface area (Å²) in [6.45, 7) is 3.59. The predicted molar refractivity (Wildman–Crippen MR) is 117 cm³/mol. The molecule has 1 fully saturated rings. The molecule has 0 radical (unpaired) electrons. The summed E-state index contributed by atoms with van der Waals surface area (Å²) in [6.07, 6.45) is 6.03. The van der Waals surface area contributed by atoms with Gasteiger partial charge in [-0.3, -0.25) is 9.59 Å². The Bertz CT molecular complexity index is 902. The van der Waals surface area contributed by atoms with Crippen molar-refractivity contribution in [2.45, 2.75) is 45.2 Å². The van der Waals surface area contributed by atoms with Crippen LogP contribution in [0.5, 0.6) is 0 Å². The van der Waals surface area contributed by atoms with E-state index in [0.29, 0.717) is 48.9 Å². The number of carbonyl (C=O) groups is 2. The Morgan fingerprint density at radius 1 is 1.03 bits per heavy atom. The SMILES string of the molecule is O=C(CCCNc1ncc(C(=O)N2CCCCC2)cc1Cl)N1Cc2ccccc2C1. The van der Waals surface area contributed by atoms with Gasteiger partial charge in [-0.15, -0.1) is 0 Å². The van der Waals surface area contributed by atoms with Crippen LogP contribution in [-0.2, 0) is 17.9 Å². The first kappa shape index (κ1) is 20.7. The lowest BCUT2D eigenvalue weighted by molar-refractivity contribution is -0.131. The third-order valence-corrected chi connectivity index (χ3v) is 6.07. The molecule has 158 valence electrons. The van der Waals surface area contributed by atoms with Crippen molar-refractivity contribution in [3.63, 3.8) is 0 Å². The Morgan fingerprint density at radius 3 is 2.40 bits per heavy atom. The number of aromatic nitrogens is 1. The zero-order valence-corrected chi connectivity index (χ0v) is 17.8. The topological polar surface area (TPSA) is 65.5 Å². The van der Waals surface area contributed by atoms with Gasteiger partial charge in [-0.25, -0.2) is 4.98 Å². The third-order valence-electron chi connectivity index (χ3n) is 5.78. The Kier molecular flexibility index (Phi) is 6.53. The maximum atomic E-state index is 12.6. The zero-order chi connectivity index (χ0) is 20.9. The van der Waals surface area contributed by atoms with Crippen LogP contribution in [0.25, 0.3) is 0 Å². The number of likely N-dealkylation sites (tertiary alicyclic amines) is 1. The Morgan fingerprint density at radius 2 is 1.73 bits per heavy atom. The molecule has 2 aromatic rings. The molecule has 4 rings (SSSR count). The number of rotatable bonds is 6. The van der Waals surface area contributed by atoms with E-state index in [0.717, 1.165) is 25.9 Å². The van der Waals surface area contributed by atoms with Gasteiger partial charge in [-0.1, -0.05) is 35.9 Å². The molecule has 1 aromatic carbocycles. The first-order valence-electron chi connectivity index (χ1n) is 10.6. The minimum absolute atomic E-state index is 0.00661. The molecule has 2 aliphatic heterocycles. The summed E-state index contributed by atoms with van der Waals surface area (Å²) in [5.74, 6) is 0.704. The van der Waals surface area contributed by atoms with Crippen molar-refractivity contribution in [1.82, 2.24) is 14.8 Å². The van der Waals surface area contributed by atoms with Crippen molar-refractivity contribution >= 4 is 29.2 Å². The molecular weight excluding hydrogens is 400 g/mol. The average molecular weight is 427 g/mol. The zero-order valence-electron chi connectivity index (χ0n) is 17.1. The number of carbonyl (C=O) groups excluding carboxylic acids is 2. The van der Waals surface area contributed by atoms with Crippen LogP contribution in [0.2, 0.25) is 5.02 Å². The van der Waals surface area contributed by atoms with Crippen LogP contribution >= 0.6 is 11.6 Å². The minimum Gasteiger partial charge on any atom is -0.369 e. The van der Waals surface area contributed by atoms with Gasteiger partial charge in [0.15, 0.2) is 0 Å². The maximum Gasteiger partial charge on any atom is 0.255 e. The second-order valence-electron chi connectivity index (χ2n) is 7.96. The van der Waals surface area contributed by atoms with Crippen LogP contribution in [0, 0.1) is 0 Å². The van der Waals surface area contributed by atoms with E-state index in [4.69, 9.17) is 11.6 Å². The first-order chi connectivity index (χ1) is 14.6. The van der Waals surface area contributed by atoms with Crippen molar-refractivity contribution in [3.8, 4) is 0 Å². The average Bonchev–Trinajstić information content (AvgIpc) is 3.22. The number of hydrogen-bond donors (Lipinski definition) is 1. The molecule has 0 atom stereocenters. The number of benzene rings is 1. The molecule has 2 amide bonds. The van der Waals surface area contributed by atoms with Gasteiger partial charge in [0.05, 0.1) is 10.6 Å². The standard InChI is InChI=1S/C23H27ClN4O2/c24-20-13-19(23(30)27-11-4-1-5-12-27)14-26-22(20)25-10-6-9-21(29)28-15-17-7-2-3-8-18(17)16-28/h2-3,7-8,13-14H,1,4-6,9-12,15-16H2,(H,25,26). The van der Waals surface area contributed by atoms with E-state index in [9.17, 15) is 9.59 Å². The molecule has 6 nitrogen and oxygen atoms in total. The molecule has 0 bridgehead atoms. The molecule has 7 heteroatoms. The Balaban J connectivity index is 1.23. The number of anilines is 1. The molecule has 1 aromatic heterocycles. The van der Waals surface area contributed by atoms with Gasteiger partial charge in [0.25, 0.3) is 5.91 Å². The molecule has 30 heavy (non-hydrogen) atoms. The predicted octanol–water partition coefficient (Wildman–Crippen LogP) is 4.10. The molecular formula is C23H27ClN4O2. The summed E-state index contributed by atoms with van der Waals surface area (Å²) in [6, 6.07) is 9.87. The summed E-state index contributed by atoms with van der Waals surface area (Å²) in [7, 11) is 0. The van der Waals surface area contributed by atoms with Crippen molar-refractivity contribution in [2.24, 2.45) is 0 Å². The lowest BCUT2D eigenvalue weighted by Gasteiger charge is -2.26. The van der Waals surface area contributed by atoms with Gasteiger partial charge >= 0.3 is 0 Å². The monoisotopic (exact) mass is 426 g/mol. The smallest absolute Gasteiger partial charge is 0.255 e. The summed E-state index contributed by atoms with van der Waals surface area (Å²) < 4.78 is 0. The van der Waals surface area contributed by atoms with Crippen molar-refractivity contribution in [2.75, 3.05) is 25.0 Å². The van der Waals surface area contributed by atoms with E-state index in [2.05, 4.69) is 22.4 Å². The van der Waals surface area contributed by atoms with E-state index in [1.807, 2.05) is 21.9 Å². The van der Waals surface area contributed by atoms with Crippen LogP contribution in [0.4, 0.5) is 5.82 Å². The highest BCUT2D eigenvalue weighted by molar-refractivity contribution is 6.33. The van der Waals surface area contributed by atoms with Crippen molar-refractivity contribution < 1.29 is 9.59 Å². The van der Waals surface area contributed by atoms with E-state index < -0.39 is 0 Å². The lowest BCUT2D eigenvalue weighted by atomic mass is 10.1. The molecule has 1 saturated heterocycles. The second kappa shape index (κ2) is 9.47. The number of piperidine rings is 1. The lowest BCUT2D eigenvalue weighted by Crippen LogP contribution is -2.35. The maximum absolute atomic E-state index is 12.6. The molecule has 0 unspecified atom stereocenters. The Hall–Kier alpha value is -2.60. The van der Waals surface area contributed by atoms with Crippen LogP contribution < -0.4 is 5.32 Å². The second-order valence-corrected chi connectivity index (χ2v) is 8.36. The fourth-order valence-electron chi connectivity index (χ4n) is 4.08. The fourth-order valence-corrected chi connectivity index (χ4v) is 4.31. The van der Waals surface area contributed by atoms with Gasteiger partial charge in [0, 0.05) is 45.3 Å². The summed E-state index contributed by atoms with van der Waals surface area (Å²) >= 11 is 6.34. The highest BCUT2D eigenvalue weighted by Gasteiger charge is 2.22. The van der Waals surface area contributed by atoms with Crippen LogP contribution in [-0.4, -0.2) is 46.2 Å². The molecule has 1 N–H and O–H groups in total. The van der Waals surface area contributed by atoms with Gasteiger partial charge in [0.2, 0.25) is 5.91 Å². The molecule has 0 spiro atoms. The minimum atomic E-state index is -0.00661. The van der Waals surface area contributed by atoms with E-state index >= 15 is 0 Å². The first-order valence-corrected chi connectivity index (χ1v) is 11.0. The van der Waals surface area contributed by atoms with Crippen LogP contribution in [0.1, 0.15) is 53.6 Å². The van der Waals surface area contributed by atoms with Crippen molar-refractivity contribution in [1.29, 1.82) is 0 Å². The van der Waals surface area contributed by atoms with Gasteiger partial charge in [-0.2, -0.15) is 0 Å². The highest BCUT2D eigenvalue weighted by Crippen LogP contribution is 2.24. The molecule has 3 heterocycles.